The number of aryl methyl sites for hydroxylation is 3. The van der Waals surface area contributed by atoms with Crippen LogP contribution in [-0.4, -0.2) is 18.1 Å². The van der Waals surface area contributed by atoms with Crippen molar-refractivity contribution >= 4 is 11.3 Å². The molecule has 112 valence electrons. The van der Waals surface area contributed by atoms with E-state index in [1.54, 1.807) is 0 Å². The van der Waals surface area contributed by atoms with Crippen molar-refractivity contribution < 1.29 is 4.74 Å². The Bertz CT molecular complexity index is 577. The highest BCUT2D eigenvalue weighted by molar-refractivity contribution is 7.11. The third-order valence-electron chi connectivity index (χ3n) is 3.65. The maximum absolute atomic E-state index is 5.86. The standard InChI is InChI=1S/C17H22N2OS/c1-12-8-13(2)10-14(9-12)20-7-3-4-17-19-15-5-6-18-11-16(15)21-17/h8-10,18H,3-7,11H2,1-2H3. The molecule has 0 unspecified atom stereocenters. The number of rotatable bonds is 5. The molecule has 2 heterocycles. The molecule has 21 heavy (non-hydrogen) atoms. The molecule has 0 saturated heterocycles. The van der Waals surface area contributed by atoms with Crippen molar-refractivity contribution in [2.75, 3.05) is 13.2 Å². The number of hydrogen-bond acceptors (Lipinski definition) is 4. The van der Waals surface area contributed by atoms with Gasteiger partial charge in [0.2, 0.25) is 0 Å². The Morgan fingerprint density at radius 3 is 2.81 bits per heavy atom. The van der Waals surface area contributed by atoms with E-state index in [-0.39, 0.29) is 0 Å². The van der Waals surface area contributed by atoms with Gasteiger partial charge >= 0.3 is 0 Å². The van der Waals surface area contributed by atoms with E-state index in [2.05, 4.69) is 37.4 Å². The predicted octanol–water partition coefficient (Wildman–Crippen LogP) is 3.42. The summed E-state index contributed by atoms with van der Waals surface area (Å²) in [7, 11) is 0. The van der Waals surface area contributed by atoms with E-state index >= 15 is 0 Å². The second-order valence-electron chi connectivity index (χ2n) is 5.68. The zero-order valence-electron chi connectivity index (χ0n) is 12.7. The monoisotopic (exact) mass is 302 g/mol. The molecule has 4 heteroatoms. The number of fused-ring (bicyclic) bond motifs is 1. The van der Waals surface area contributed by atoms with Crippen molar-refractivity contribution in [3.05, 3.63) is 44.9 Å². The Hall–Kier alpha value is -1.39. The summed E-state index contributed by atoms with van der Waals surface area (Å²) in [6.07, 6.45) is 3.11. The van der Waals surface area contributed by atoms with E-state index < -0.39 is 0 Å². The van der Waals surface area contributed by atoms with E-state index in [1.165, 1.54) is 26.7 Å². The van der Waals surface area contributed by atoms with Gasteiger partial charge in [-0.2, -0.15) is 0 Å². The third kappa shape index (κ3) is 3.83. The fourth-order valence-electron chi connectivity index (χ4n) is 2.72. The van der Waals surface area contributed by atoms with Crippen LogP contribution in [0.3, 0.4) is 0 Å². The molecule has 3 nitrogen and oxygen atoms in total. The lowest BCUT2D eigenvalue weighted by Crippen LogP contribution is -2.22. The number of hydrogen-bond donors (Lipinski definition) is 1. The molecule has 0 saturated carbocycles. The van der Waals surface area contributed by atoms with E-state index in [0.717, 1.165) is 44.7 Å². The van der Waals surface area contributed by atoms with E-state index in [0.29, 0.717) is 0 Å². The number of aromatic nitrogens is 1. The van der Waals surface area contributed by atoms with Crippen molar-refractivity contribution in [2.24, 2.45) is 0 Å². The molecule has 0 amide bonds. The second-order valence-corrected chi connectivity index (χ2v) is 6.85. The van der Waals surface area contributed by atoms with Gasteiger partial charge in [0.15, 0.2) is 0 Å². The van der Waals surface area contributed by atoms with Gasteiger partial charge in [-0.05, 0) is 43.5 Å². The van der Waals surface area contributed by atoms with Gasteiger partial charge in [-0.25, -0.2) is 4.98 Å². The summed E-state index contributed by atoms with van der Waals surface area (Å²) >= 11 is 1.86. The van der Waals surface area contributed by atoms with Crippen molar-refractivity contribution in [1.29, 1.82) is 0 Å². The van der Waals surface area contributed by atoms with E-state index in [9.17, 15) is 0 Å². The number of nitrogens with zero attached hydrogens (tertiary/aromatic N) is 1. The number of thiazole rings is 1. The van der Waals surface area contributed by atoms with Gasteiger partial charge in [0.05, 0.1) is 17.3 Å². The average molecular weight is 302 g/mol. The molecule has 1 aliphatic rings. The Kier molecular flexibility index (Phi) is 4.56. The molecule has 0 aliphatic carbocycles. The molecule has 1 aromatic carbocycles. The van der Waals surface area contributed by atoms with Crippen LogP contribution in [0.1, 0.15) is 33.1 Å². The molecule has 1 aromatic heterocycles. The normalized spacial score (nSPS) is 14.0. The van der Waals surface area contributed by atoms with Gasteiger partial charge < -0.3 is 10.1 Å². The summed E-state index contributed by atoms with van der Waals surface area (Å²) in [5.74, 6) is 0.982. The first-order valence-corrected chi connectivity index (χ1v) is 8.41. The molecule has 3 rings (SSSR count). The summed E-state index contributed by atoms with van der Waals surface area (Å²) in [5.41, 5.74) is 3.82. The zero-order valence-corrected chi connectivity index (χ0v) is 13.6. The van der Waals surface area contributed by atoms with Gasteiger partial charge in [-0.3, -0.25) is 0 Å². The van der Waals surface area contributed by atoms with Crippen LogP contribution in [0.25, 0.3) is 0 Å². The van der Waals surface area contributed by atoms with Crippen LogP contribution in [0.15, 0.2) is 18.2 Å². The first kappa shape index (κ1) is 14.5. The minimum absolute atomic E-state index is 0.755. The first-order chi connectivity index (χ1) is 10.2. The van der Waals surface area contributed by atoms with Crippen LogP contribution < -0.4 is 10.1 Å². The Balaban J connectivity index is 1.48. The summed E-state index contributed by atoms with van der Waals surface area (Å²) in [4.78, 5) is 6.17. The van der Waals surface area contributed by atoms with Crippen LogP contribution in [-0.2, 0) is 19.4 Å². The molecule has 1 N–H and O–H groups in total. The van der Waals surface area contributed by atoms with Gasteiger partial charge in [-0.15, -0.1) is 11.3 Å². The highest BCUT2D eigenvalue weighted by Crippen LogP contribution is 2.22. The molecule has 0 fully saturated rings. The SMILES string of the molecule is Cc1cc(C)cc(OCCCc2nc3c(s2)CNCC3)c1. The van der Waals surface area contributed by atoms with Crippen molar-refractivity contribution in [1.82, 2.24) is 10.3 Å². The Morgan fingerprint density at radius 1 is 1.24 bits per heavy atom. The van der Waals surface area contributed by atoms with Crippen LogP contribution in [0, 0.1) is 13.8 Å². The summed E-state index contributed by atoms with van der Waals surface area (Å²) in [5, 5.41) is 4.66. The number of ether oxygens (including phenoxy) is 1. The summed E-state index contributed by atoms with van der Waals surface area (Å²) in [6, 6.07) is 6.36. The fraction of sp³-hybridized carbons (Fsp3) is 0.471. The van der Waals surface area contributed by atoms with Crippen LogP contribution >= 0.6 is 11.3 Å². The maximum Gasteiger partial charge on any atom is 0.119 e. The van der Waals surface area contributed by atoms with Gasteiger partial charge in [-0.1, -0.05) is 6.07 Å². The second kappa shape index (κ2) is 6.58. The van der Waals surface area contributed by atoms with Gasteiger partial charge in [0.1, 0.15) is 5.75 Å². The summed E-state index contributed by atoms with van der Waals surface area (Å²) < 4.78 is 5.86. The van der Waals surface area contributed by atoms with E-state index in [1.807, 2.05) is 11.3 Å². The first-order valence-electron chi connectivity index (χ1n) is 7.60. The quantitative estimate of drug-likeness (QED) is 0.859. The molecule has 1 aliphatic heterocycles. The van der Waals surface area contributed by atoms with Crippen LogP contribution in [0.5, 0.6) is 5.75 Å². The molecule has 0 radical (unpaired) electrons. The lowest BCUT2D eigenvalue weighted by Gasteiger charge is -2.09. The average Bonchev–Trinajstić information content (AvgIpc) is 2.85. The molecule has 0 spiro atoms. The molecular weight excluding hydrogens is 280 g/mol. The maximum atomic E-state index is 5.86. The van der Waals surface area contributed by atoms with Crippen LogP contribution in [0.4, 0.5) is 0 Å². The van der Waals surface area contributed by atoms with Crippen molar-refractivity contribution in [2.45, 2.75) is 39.7 Å². The van der Waals surface area contributed by atoms with Gasteiger partial charge in [0, 0.05) is 30.8 Å². The predicted molar refractivity (Wildman–Crippen MR) is 87.3 cm³/mol. The molecule has 0 atom stereocenters. The smallest absolute Gasteiger partial charge is 0.119 e. The Morgan fingerprint density at radius 2 is 2.05 bits per heavy atom. The highest BCUT2D eigenvalue weighted by atomic mass is 32.1. The molecule has 0 bridgehead atoms. The molecular formula is C17H22N2OS. The highest BCUT2D eigenvalue weighted by Gasteiger charge is 2.14. The number of nitrogens with one attached hydrogen (secondary N) is 1. The fourth-order valence-corrected chi connectivity index (χ4v) is 3.84. The van der Waals surface area contributed by atoms with Gasteiger partial charge in [0.25, 0.3) is 0 Å². The Labute approximate surface area is 130 Å². The lowest BCUT2D eigenvalue weighted by atomic mass is 10.1. The minimum atomic E-state index is 0.755. The topological polar surface area (TPSA) is 34.1 Å². The lowest BCUT2D eigenvalue weighted by molar-refractivity contribution is 0.310. The summed E-state index contributed by atoms with van der Waals surface area (Å²) in [6.45, 7) is 7.02. The largest absolute Gasteiger partial charge is 0.494 e. The number of benzene rings is 1. The molecule has 2 aromatic rings. The minimum Gasteiger partial charge on any atom is -0.494 e. The van der Waals surface area contributed by atoms with E-state index in [4.69, 9.17) is 9.72 Å². The third-order valence-corrected chi connectivity index (χ3v) is 4.80. The zero-order chi connectivity index (χ0) is 14.7. The van der Waals surface area contributed by atoms with Crippen LogP contribution in [0.2, 0.25) is 0 Å². The van der Waals surface area contributed by atoms with Crippen molar-refractivity contribution in [3.63, 3.8) is 0 Å². The van der Waals surface area contributed by atoms with Crippen molar-refractivity contribution in [3.8, 4) is 5.75 Å².